The zero-order valence-electron chi connectivity index (χ0n) is 21.1. The minimum atomic E-state index is -4.68. The molecule has 2 aliphatic rings. The molecular weight excluding hydrogens is 469 g/mol. The van der Waals surface area contributed by atoms with Crippen LogP contribution in [0, 0.1) is 5.92 Å². The van der Waals surface area contributed by atoms with Crippen molar-refractivity contribution >= 4 is 17.5 Å². The number of carbonyl (C=O) groups is 2. The van der Waals surface area contributed by atoms with Crippen LogP contribution in [-0.2, 0) is 21.4 Å². The molecule has 0 bridgehead atoms. The van der Waals surface area contributed by atoms with Crippen LogP contribution >= 0.6 is 0 Å². The number of hydrogen-bond donors (Lipinski definition) is 1. The van der Waals surface area contributed by atoms with E-state index in [1.807, 2.05) is 12.1 Å². The molecule has 1 aliphatic carbocycles. The Labute approximate surface area is 209 Å². The van der Waals surface area contributed by atoms with E-state index in [9.17, 15) is 22.8 Å². The maximum Gasteiger partial charge on any atom is 0.414 e. The number of benzene rings is 1. The highest BCUT2D eigenvalue weighted by Crippen LogP contribution is 2.41. The minimum absolute atomic E-state index is 0.0751. The lowest BCUT2D eigenvalue weighted by atomic mass is 9.83. The fourth-order valence-corrected chi connectivity index (χ4v) is 5.52. The van der Waals surface area contributed by atoms with Gasteiger partial charge in [0.25, 0.3) is 0 Å². The SMILES string of the molecule is CC(=O)N1CCC(C(=O)N(C)C(c2ccc(N[C@H]3Cc4ccccc4C3(C)C)cn2)C(F)(F)F)CC1. The van der Waals surface area contributed by atoms with Gasteiger partial charge in [-0.2, -0.15) is 13.2 Å². The number of nitrogens with zero attached hydrogens (tertiary/aromatic N) is 3. The Hall–Kier alpha value is -3.10. The molecule has 0 radical (unpaired) electrons. The molecule has 36 heavy (non-hydrogen) atoms. The van der Waals surface area contributed by atoms with E-state index in [1.54, 1.807) is 11.0 Å². The van der Waals surface area contributed by atoms with Crippen molar-refractivity contribution in [1.82, 2.24) is 14.8 Å². The molecule has 2 amide bonds. The van der Waals surface area contributed by atoms with Crippen molar-refractivity contribution in [2.24, 2.45) is 5.92 Å². The summed E-state index contributed by atoms with van der Waals surface area (Å²) < 4.78 is 42.4. The van der Waals surface area contributed by atoms with E-state index in [1.165, 1.54) is 37.4 Å². The van der Waals surface area contributed by atoms with Crippen LogP contribution < -0.4 is 5.32 Å². The molecule has 6 nitrogen and oxygen atoms in total. The van der Waals surface area contributed by atoms with Crippen molar-refractivity contribution < 1.29 is 22.8 Å². The third kappa shape index (κ3) is 5.06. The largest absolute Gasteiger partial charge is 0.414 e. The number of carbonyl (C=O) groups excluding carboxylic acids is 2. The van der Waals surface area contributed by atoms with Gasteiger partial charge in [0.1, 0.15) is 0 Å². The van der Waals surface area contributed by atoms with E-state index in [0.29, 0.717) is 31.6 Å². The van der Waals surface area contributed by atoms with E-state index in [2.05, 4.69) is 36.3 Å². The molecule has 1 aromatic heterocycles. The van der Waals surface area contributed by atoms with E-state index in [-0.39, 0.29) is 23.1 Å². The average Bonchev–Trinajstić information content (AvgIpc) is 3.08. The fraction of sp³-hybridized carbons (Fsp3) is 0.519. The standard InChI is InChI=1S/C27H33F3N4O2/c1-17(35)34-13-11-18(12-14-34)25(36)33(4)24(27(28,29)30)22-10-9-20(16-31-22)32-23-15-19-7-5-6-8-21(19)26(23,2)3/h5-10,16,18,23-24,32H,11-15H2,1-4H3/t23-,24?/m0/s1. The molecule has 2 aromatic rings. The summed E-state index contributed by atoms with van der Waals surface area (Å²) in [5, 5.41) is 3.44. The first-order valence-corrected chi connectivity index (χ1v) is 12.3. The van der Waals surface area contributed by atoms with Crippen molar-refractivity contribution in [2.45, 2.75) is 63.7 Å². The number of anilines is 1. The molecule has 1 fully saturated rings. The molecule has 2 heterocycles. The predicted molar refractivity (Wildman–Crippen MR) is 131 cm³/mol. The average molecular weight is 503 g/mol. The fourth-order valence-electron chi connectivity index (χ4n) is 5.52. The van der Waals surface area contributed by atoms with Crippen LogP contribution in [0.3, 0.4) is 0 Å². The maximum atomic E-state index is 14.1. The van der Waals surface area contributed by atoms with Crippen molar-refractivity contribution in [1.29, 1.82) is 0 Å². The Morgan fingerprint density at radius 2 is 1.81 bits per heavy atom. The van der Waals surface area contributed by atoms with E-state index < -0.39 is 24.0 Å². The number of aromatic nitrogens is 1. The summed E-state index contributed by atoms with van der Waals surface area (Å²) in [6.07, 6.45) is -1.75. The van der Waals surface area contributed by atoms with Gasteiger partial charge in [-0.25, -0.2) is 0 Å². The quantitative estimate of drug-likeness (QED) is 0.643. The third-order valence-electron chi connectivity index (χ3n) is 7.75. The smallest absolute Gasteiger partial charge is 0.380 e. The normalized spacial score (nSPS) is 20.5. The predicted octanol–water partition coefficient (Wildman–Crippen LogP) is 4.72. The maximum absolute atomic E-state index is 14.1. The van der Waals surface area contributed by atoms with E-state index >= 15 is 0 Å². The Morgan fingerprint density at radius 3 is 2.36 bits per heavy atom. The highest BCUT2D eigenvalue weighted by Gasteiger charge is 2.47. The first-order valence-electron chi connectivity index (χ1n) is 12.3. The number of amides is 2. The number of likely N-dealkylation sites (tertiary alicyclic amines) is 1. The lowest BCUT2D eigenvalue weighted by molar-refractivity contribution is -0.191. The molecule has 1 unspecified atom stereocenters. The molecule has 2 atom stereocenters. The molecule has 0 saturated carbocycles. The molecule has 9 heteroatoms. The minimum Gasteiger partial charge on any atom is -0.380 e. The molecule has 1 N–H and O–H groups in total. The summed E-state index contributed by atoms with van der Waals surface area (Å²) in [6.45, 7) is 6.50. The van der Waals surface area contributed by atoms with Crippen LogP contribution in [0.15, 0.2) is 42.6 Å². The number of hydrogen-bond acceptors (Lipinski definition) is 4. The molecule has 1 aromatic carbocycles. The van der Waals surface area contributed by atoms with Gasteiger partial charge in [0, 0.05) is 44.4 Å². The van der Waals surface area contributed by atoms with Crippen molar-refractivity contribution in [3.8, 4) is 0 Å². The van der Waals surface area contributed by atoms with Gasteiger partial charge in [-0.15, -0.1) is 0 Å². The Balaban J connectivity index is 1.47. The van der Waals surface area contributed by atoms with Crippen molar-refractivity contribution in [3.63, 3.8) is 0 Å². The summed E-state index contributed by atoms with van der Waals surface area (Å²) in [5.74, 6) is -1.22. The van der Waals surface area contributed by atoms with E-state index in [0.717, 1.165) is 11.3 Å². The summed E-state index contributed by atoms with van der Waals surface area (Å²) in [7, 11) is 1.18. The first-order chi connectivity index (χ1) is 16.9. The van der Waals surface area contributed by atoms with E-state index in [4.69, 9.17) is 0 Å². The topological polar surface area (TPSA) is 65.5 Å². The van der Waals surface area contributed by atoms with Crippen LogP contribution in [0.25, 0.3) is 0 Å². The van der Waals surface area contributed by atoms with Gasteiger partial charge in [-0.1, -0.05) is 38.1 Å². The Kier molecular flexibility index (Phi) is 7.03. The molecule has 194 valence electrons. The molecule has 1 saturated heterocycles. The van der Waals surface area contributed by atoms with Crippen molar-refractivity contribution in [2.75, 3.05) is 25.5 Å². The van der Waals surface area contributed by atoms with Gasteiger partial charge in [0.05, 0.1) is 17.6 Å². The highest BCUT2D eigenvalue weighted by molar-refractivity contribution is 5.80. The summed E-state index contributed by atoms with van der Waals surface area (Å²) in [5.41, 5.74) is 2.79. The van der Waals surface area contributed by atoms with Gasteiger partial charge >= 0.3 is 6.18 Å². The second-order valence-electron chi connectivity index (χ2n) is 10.4. The van der Waals surface area contributed by atoms with Gasteiger partial charge in [-0.05, 0) is 42.5 Å². The number of pyridine rings is 1. The van der Waals surface area contributed by atoms with Crippen LogP contribution in [0.5, 0.6) is 0 Å². The van der Waals surface area contributed by atoms with Gasteiger partial charge < -0.3 is 15.1 Å². The van der Waals surface area contributed by atoms with Gasteiger partial charge in [0.2, 0.25) is 11.8 Å². The Morgan fingerprint density at radius 1 is 1.14 bits per heavy atom. The zero-order chi connectivity index (χ0) is 26.3. The number of fused-ring (bicyclic) bond motifs is 1. The third-order valence-corrected chi connectivity index (χ3v) is 7.75. The molecule has 1 aliphatic heterocycles. The van der Waals surface area contributed by atoms with Crippen LogP contribution in [0.1, 0.15) is 56.5 Å². The highest BCUT2D eigenvalue weighted by atomic mass is 19.4. The van der Waals surface area contributed by atoms with Crippen molar-refractivity contribution in [3.05, 3.63) is 59.4 Å². The summed E-state index contributed by atoms with van der Waals surface area (Å²) >= 11 is 0. The number of rotatable bonds is 5. The van der Waals surface area contributed by atoms with Crippen LogP contribution in [0.2, 0.25) is 0 Å². The molecular formula is C27H33F3N4O2. The number of halogens is 3. The molecule has 4 rings (SSSR count). The monoisotopic (exact) mass is 502 g/mol. The lowest BCUT2D eigenvalue weighted by Gasteiger charge is -2.36. The van der Waals surface area contributed by atoms with Gasteiger partial charge in [0.15, 0.2) is 6.04 Å². The lowest BCUT2D eigenvalue weighted by Crippen LogP contribution is -2.46. The molecule has 0 spiro atoms. The number of piperidine rings is 1. The first kappa shape index (κ1) is 26.0. The van der Waals surface area contributed by atoms with Crippen LogP contribution in [0.4, 0.5) is 18.9 Å². The van der Waals surface area contributed by atoms with Crippen LogP contribution in [-0.4, -0.2) is 59.0 Å². The summed E-state index contributed by atoms with van der Waals surface area (Å²) in [4.78, 5) is 31.0. The second-order valence-corrected chi connectivity index (χ2v) is 10.4. The number of nitrogens with one attached hydrogen (secondary N) is 1. The number of alkyl halides is 3. The summed E-state index contributed by atoms with van der Waals surface area (Å²) in [6, 6.07) is 9.12. The second kappa shape index (κ2) is 9.75. The van der Waals surface area contributed by atoms with Gasteiger partial charge in [-0.3, -0.25) is 14.6 Å². The Bertz CT molecular complexity index is 1110. The zero-order valence-corrected chi connectivity index (χ0v) is 21.1.